The Bertz CT molecular complexity index is 949. The van der Waals surface area contributed by atoms with E-state index in [1.807, 2.05) is 4.90 Å². The second-order valence-electron chi connectivity index (χ2n) is 6.47. The molecule has 5 nitrogen and oxygen atoms in total. The molecule has 0 radical (unpaired) electrons. The summed E-state index contributed by atoms with van der Waals surface area (Å²) in [5, 5.41) is 10.5. The van der Waals surface area contributed by atoms with Crippen LogP contribution in [0.3, 0.4) is 0 Å². The number of hydrogen-bond acceptors (Lipinski definition) is 5. The lowest BCUT2D eigenvalue weighted by Gasteiger charge is -2.23. The minimum absolute atomic E-state index is 0.510. The smallest absolute Gasteiger partial charge is 0.326 e. The van der Waals surface area contributed by atoms with Crippen LogP contribution in [0.2, 0.25) is 0 Å². The van der Waals surface area contributed by atoms with Crippen molar-refractivity contribution in [3.8, 4) is 11.1 Å². The number of thiophene rings is 1. The summed E-state index contributed by atoms with van der Waals surface area (Å²) in [7, 11) is 0. The SMILES string of the molecule is Cc1ccc(-c2c(C)sc3ncnc(N4CCCC4C(=O)O)c23)cc1. The Labute approximate surface area is 150 Å². The largest absolute Gasteiger partial charge is 0.480 e. The molecule has 1 N–H and O–H groups in total. The van der Waals surface area contributed by atoms with Crippen LogP contribution < -0.4 is 4.90 Å². The zero-order chi connectivity index (χ0) is 17.6. The highest BCUT2D eigenvalue weighted by Gasteiger charge is 2.33. The molecule has 0 amide bonds. The third-order valence-corrected chi connectivity index (χ3v) is 5.81. The Kier molecular flexibility index (Phi) is 3.92. The van der Waals surface area contributed by atoms with Crippen LogP contribution in [0.5, 0.6) is 0 Å². The van der Waals surface area contributed by atoms with Gasteiger partial charge in [-0.15, -0.1) is 11.3 Å². The number of carbonyl (C=O) groups is 1. The average Bonchev–Trinajstić information content (AvgIpc) is 3.19. The number of aryl methyl sites for hydroxylation is 2. The van der Waals surface area contributed by atoms with Gasteiger partial charge in [0.05, 0.1) is 5.39 Å². The Hall–Kier alpha value is -2.47. The number of anilines is 1. The number of nitrogens with zero attached hydrogens (tertiary/aromatic N) is 3. The molecule has 1 saturated heterocycles. The van der Waals surface area contributed by atoms with Crippen LogP contribution >= 0.6 is 11.3 Å². The van der Waals surface area contributed by atoms with E-state index in [0.717, 1.165) is 33.6 Å². The Morgan fingerprint density at radius 1 is 1.24 bits per heavy atom. The van der Waals surface area contributed by atoms with Gasteiger partial charge in [0.25, 0.3) is 0 Å². The maximum atomic E-state index is 11.6. The molecule has 1 atom stereocenters. The van der Waals surface area contributed by atoms with Crippen molar-refractivity contribution in [1.29, 1.82) is 0 Å². The van der Waals surface area contributed by atoms with Gasteiger partial charge in [0.15, 0.2) is 0 Å². The fourth-order valence-electron chi connectivity index (χ4n) is 3.59. The summed E-state index contributed by atoms with van der Waals surface area (Å²) in [5.74, 6) is -0.0390. The second-order valence-corrected chi connectivity index (χ2v) is 7.67. The quantitative estimate of drug-likeness (QED) is 0.770. The van der Waals surface area contributed by atoms with Crippen molar-refractivity contribution in [3.05, 3.63) is 41.0 Å². The number of fused-ring (bicyclic) bond motifs is 1. The first-order valence-corrected chi connectivity index (χ1v) is 9.18. The molecule has 3 aromatic rings. The lowest BCUT2D eigenvalue weighted by molar-refractivity contribution is -0.138. The van der Waals surface area contributed by atoms with E-state index in [4.69, 9.17) is 0 Å². The van der Waals surface area contributed by atoms with Gasteiger partial charge in [-0.3, -0.25) is 0 Å². The first kappa shape index (κ1) is 16.0. The Morgan fingerprint density at radius 2 is 2.00 bits per heavy atom. The van der Waals surface area contributed by atoms with Crippen molar-refractivity contribution in [1.82, 2.24) is 9.97 Å². The van der Waals surface area contributed by atoms with Gasteiger partial charge in [-0.2, -0.15) is 0 Å². The van der Waals surface area contributed by atoms with Crippen molar-refractivity contribution < 1.29 is 9.90 Å². The highest BCUT2D eigenvalue weighted by Crippen LogP contribution is 2.42. The molecule has 1 aliphatic heterocycles. The normalized spacial score (nSPS) is 17.4. The highest BCUT2D eigenvalue weighted by molar-refractivity contribution is 7.19. The standard InChI is InChI=1S/C19H19N3O2S/c1-11-5-7-13(8-6-11)15-12(2)25-18-16(15)17(20-10-21-18)22-9-3-4-14(22)19(23)24/h5-8,10,14H,3-4,9H2,1-2H3,(H,23,24). The fourth-order valence-corrected chi connectivity index (χ4v) is 4.60. The predicted octanol–water partition coefficient (Wildman–Crippen LogP) is 4.03. The molecular weight excluding hydrogens is 334 g/mol. The van der Waals surface area contributed by atoms with Crippen molar-refractivity contribution in [3.63, 3.8) is 0 Å². The molecule has 3 heterocycles. The Balaban J connectivity index is 1.94. The topological polar surface area (TPSA) is 66.3 Å². The van der Waals surface area contributed by atoms with E-state index in [1.54, 1.807) is 17.7 Å². The van der Waals surface area contributed by atoms with Gasteiger partial charge in [0.1, 0.15) is 23.0 Å². The number of aliphatic carboxylic acids is 1. The van der Waals surface area contributed by atoms with Gasteiger partial charge in [-0.1, -0.05) is 29.8 Å². The first-order valence-electron chi connectivity index (χ1n) is 8.37. The number of benzene rings is 1. The van der Waals surface area contributed by atoms with Crippen molar-refractivity contribution in [2.45, 2.75) is 32.7 Å². The molecule has 0 spiro atoms. The molecule has 6 heteroatoms. The molecule has 1 unspecified atom stereocenters. The van der Waals surface area contributed by atoms with Crippen molar-refractivity contribution >= 4 is 33.3 Å². The van der Waals surface area contributed by atoms with E-state index in [0.29, 0.717) is 13.0 Å². The van der Waals surface area contributed by atoms with E-state index in [-0.39, 0.29) is 0 Å². The fraction of sp³-hybridized carbons (Fsp3) is 0.316. The molecule has 2 aromatic heterocycles. The minimum Gasteiger partial charge on any atom is -0.480 e. The maximum absolute atomic E-state index is 11.6. The van der Waals surface area contributed by atoms with Crippen LogP contribution in [0, 0.1) is 13.8 Å². The van der Waals surface area contributed by atoms with Crippen molar-refractivity contribution in [2.24, 2.45) is 0 Å². The molecule has 1 aromatic carbocycles. The number of carboxylic acids is 1. The number of carboxylic acid groups (broad SMARTS) is 1. The summed E-state index contributed by atoms with van der Waals surface area (Å²) in [6.07, 6.45) is 3.07. The molecule has 25 heavy (non-hydrogen) atoms. The third kappa shape index (κ3) is 2.66. The average molecular weight is 353 g/mol. The maximum Gasteiger partial charge on any atom is 0.326 e. The molecule has 1 fully saturated rings. The van der Waals surface area contributed by atoms with Gasteiger partial charge >= 0.3 is 5.97 Å². The summed E-state index contributed by atoms with van der Waals surface area (Å²) >= 11 is 1.64. The van der Waals surface area contributed by atoms with E-state index in [1.165, 1.54) is 10.4 Å². The molecule has 0 bridgehead atoms. The highest BCUT2D eigenvalue weighted by atomic mass is 32.1. The third-order valence-electron chi connectivity index (χ3n) is 4.79. The zero-order valence-electron chi connectivity index (χ0n) is 14.2. The molecule has 1 aliphatic rings. The number of rotatable bonds is 3. The van der Waals surface area contributed by atoms with E-state index >= 15 is 0 Å². The van der Waals surface area contributed by atoms with Crippen LogP contribution in [-0.4, -0.2) is 33.6 Å². The van der Waals surface area contributed by atoms with Gasteiger partial charge < -0.3 is 10.0 Å². The predicted molar refractivity (Wildman–Crippen MR) is 100 cm³/mol. The van der Waals surface area contributed by atoms with Crippen LogP contribution in [-0.2, 0) is 4.79 Å². The lowest BCUT2D eigenvalue weighted by atomic mass is 10.0. The summed E-state index contributed by atoms with van der Waals surface area (Å²) in [5.41, 5.74) is 3.45. The summed E-state index contributed by atoms with van der Waals surface area (Å²) in [6.45, 7) is 4.87. The van der Waals surface area contributed by atoms with Crippen LogP contribution in [0.4, 0.5) is 5.82 Å². The van der Waals surface area contributed by atoms with Crippen LogP contribution in [0.1, 0.15) is 23.3 Å². The molecule has 4 rings (SSSR count). The Morgan fingerprint density at radius 3 is 2.72 bits per heavy atom. The van der Waals surface area contributed by atoms with Gasteiger partial charge in [-0.05, 0) is 32.3 Å². The van der Waals surface area contributed by atoms with E-state index in [2.05, 4.69) is 48.1 Å². The number of hydrogen-bond donors (Lipinski definition) is 1. The van der Waals surface area contributed by atoms with E-state index in [9.17, 15) is 9.90 Å². The summed E-state index contributed by atoms with van der Waals surface area (Å²) < 4.78 is 0. The second kappa shape index (κ2) is 6.11. The van der Waals surface area contributed by atoms with Crippen LogP contribution in [0.15, 0.2) is 30.6 Å². The van der Waals surface area contributed by atoms with E-state index < -0.39 is 12.0 Å². The number of aromatic nitrogens is 2. The zero-order valence-corrected chi connectivity index (χ0v) is 15.0. The summed E-state index contributed by atoms with van der Waals surface area (Å²) in [6, 6.07) is 7.90. The first-order chi connectivity index (χ1) is 12.1. The van der Waals surface area contributed by atoms with Crippen LogP contribution in [0.25, 0.3) is 21.3 Å². The summed E-state index contributed by atoms with van der Waals surface area (Å²) in [4.78, 5) is 24.6. The molecule has 0 saturated carbocycles. The van der Waals surface area contributed by atoms with Gasteiger partial charge in [0.2, 0.25) is 0 Å². The molecular formula is C19H19N3O2S. The molecule has 128 valence electrons. The van der Waals surface area contributed by atoms with Gasteiger partial charge in [-0.25, -0.2) is 14.8 Å². The monoisotopic (exact) mass is 353 g/mol. The molecule has 0 aliphatic carbocycles. The lowest BCUT2D eigenvalue weighted by Crippen LogP contribution is -2.36. The van der Waals surface area contributed by atoms with Crippen molar-refractivity contribution in [2.75, 3.05) is 11.4 Å². The minimum atomic E-state index is -0.784. The van der Waals surface area contributed by atoms with Gasteiger partial charge in [0, 0.05) is 17.0 Å².